The van der Waals surface area contributed by atoms with Crippen LogP contribution in [0.4, 0.5) is 0 Å². The van der Waals surface area contributed by atoms with Gasteiger partial charge in [0.15, 0.2) is 0 Å². The van der Waals surface area contributed by atoms with E-state index in [-0.39, 0.29) is 0 Å². The molecule has 1 atom stereocenters. The monoisotopic (exact) mass is 649 g/mol. The third-order valence-electron chi connectivity index (χ3n) is 9.02. The van der Waals surface area contributed by atoms with Crippen molar-refractivity contribution in [3.8, 4) is 0 Å². The first kappa shape index (κ1) is 33.3. The second kappa shape index (κ2) is 13.9. The van der Waals surface area contributed by atoms with E-state index in [9.17, 15) is 0 Å². The lowest BCUT2D eigenvalue weighted by atomic mass is 9.93. The third-order valence-corrected chi connectivity index (χ3v) is 14.1. The maximum atomic E-state index is 2.47. The normalized spacial score (nSPS) is 13.9. The highest BCUT2D eigenvalue weighted by Crippen LogP contribution is 2.50. The van der Waals surface area contributed by atoms with Gasteiger partial charge in [-0.1, -0.05) is 167 Å². The second-order valence-corrected chi connectivity index (χ2v) is 18.4. The molecule has 6 rings (SSSR count). The van der Waals surface area contributed by atoms with E-state index in [1.54, 1.807) is 0 Å². The summed E-state index contributed by atoms with van der Waals surface area (Å²) in [4.78, 5) is 0. The van der Waals surface area contributed by atoms with Crippen LogP contribution in [0, 0.1) is 61.3 Å². The van der Waals surface area contributed by atoms with E-state index in [1.165, 1.54) is 88.1 Å². The minimum atomic E-state index is -0.783. The Morgan fingerprint density at radius 3 is 1.28 bits per heavy atom. The lowest BCUT2D eigenvalue weighted by Crippen LogP contribution is -2.27. The first-order chi connectivity index (χ1) is 22.5. The Bertz CT molecular complexity index is 1830. The van der Waals surface area contributed by atoms with Crippen LogP contribution in [0.15, 0.2) is 115 Å². The molecule has 5 aromatic rings. The van der Waals surface area contributed by atoms with Gasteiger partial charge in [-0.05, 0) is 115 Å². The predicted molar refractivity (Wildman–Crippen MR) is 212 cm³/mol. The van der Waals surface area contributed by atoms with Gasteiger partial charge in [0.1, 0.15) is 0 Å². The van der Waals surface area contributed by atoms with Crippen molar-refractivity contribution in [3.05, 3.63) is 171 Å². The zero-order valence-corrected chi connectivity index (χ0v) is 31.2. The topological polar surface area (TPSA) is 0 Å². The van der Waals surface area contributed by atoms with Crippen molar-refractivity contribution in [2.45, 2.75) is 68.0 Å². The van der Waals surface area contributed by atoms with E-state index in [1.807, 2.05) is 0 Å². The molecule has 0 saturated carbocycles. The number of allylic oxidation sites excluding steroid dienone is 4. The SMILES string of the molecule is Cc1cc(C)cc(P(c2cc(C)cc(C)c2)c2ccccc2C2=CC=C[C]2[C@@H](C)P(c2cc(C)cc(C)c2)c2cc(C)cc(C)c2)c1. The average molecular weight is 650 g/mol. The van der Waals surface area contributed by atoms with E-state index < -0.39 is 15.8 Å². The molecule has 0 spiro atoms. The highest BCUT2D eigenvalue weighted by atomic mass is 31.1. The Morgan fingerprint density at radius 2 is 0.851 bits per heavy atom. The Hall–Kier alpha value is -3.56. The molecule has 0 bridgehead atoms. The highest BCUT2D eigenvalue weighted by Gasteiger charge is 2.34. The molecular formula is C45H47P2. The molecule has 1 radical (unpaired) electrons. The Balaban J connectivity index is 1.50. The summed E-state index contributed by atoms with van der Waals surface area (Å²) < 4.78 is 0. The van der Waals surface area contributed by atoms with Crippen molar-refractivity contribution in [1.29, 1.82) is 0 Å². The number of hydrogen-bond donors (Lipinski definition) is 0. The summed E-state index contributed by atoms with van der Waals surface area (Å²) in [5.41, 5.74) is 13.7. The maximum Gasteiger partial charge on any atom is 0.0350 e. The smallest absolute Gasteiger partial charge is 0.0350 e. The van der Waals surface area contributed by atoms with Crippen LogP contribution in [0.2, 0.25) is 0 Å². The summed E-state index contributed by atoms with van der Waals surface area (Å²) in [6.45, 7) is 20.4. The van der Waals surface area contributed by atoms with Crippen LogP contribution in [0.3, 0.4) is 0 Å². The van der Waals surface area contributed by atoms with Gasteiger partial charge in [-0.3, -0.25) is 0 Å². The van der Waals surface area contributed by atoms with Crippen LogP contribution in [-0.4, -0.2) is 5.66 Å². The quantitative estimate of drug-likeness (QED) is 0.147. The number of aryl methyl sites for hydroxylation is 8. The first-order valence-electron chi connectivity index (χ1n) is 16.7. The van der Waals surface area contributed by atoms with Crippen molar-refractivity contribution in [3.63, 3.8) is 0 Å². The molecule has 0 heterocycles. The molecule has 0 N–H and O–H groups in total. The Labute approximate surface area is 286 Å². The summed E-state index contributed by atoms with van der Waals surface area (Å²) in [5.74, 6) is 1.44. The van der Waals surface area contributed by atoms with Crippen LogP contribution in [0.25, 0.3) is 5.57 Å². The summed E-state index contributed by atoms with van der Waals surface area (Å²) in [5, 5.41) is 7.19. The van der Waals surface area contributed by atoms with Crippen molar-refractivity contribution in [2.24, 2.45) is 0 Å². The summed E-state index contributed by atoms with van der Waals surface area (Å²) in [7, 11) is -1.44. The van der Waals surface area contributed by atoms with Crippen LogP contribution >= 0.6 is 15.8 Å². The number of hydrogen-bond acceptors (Lipinski definition) is 0. The fraction of sp³-hybridized carbons (Fsp3) is 0.222. The van der Waals surface area contributed by atoms with Gasteiger partial charge in [0, 0.05) is 5.92 Å². The molecule has 5 aromatic carbocycles. The van der Waals surface area contributed by atoms with Gasteiger partial charge in [-0.25, -0.2) is 0 Å². The molecule has 0 nitrogen and oxygen atoms in total. The number of rotatable bonds is 8. The van der Waals surface area contributed by atoms with Gasteiger partial charge in [0.25, 0.3) is 0 Å². The van der Waals surface area contributed by atoms with Crippen molar-refractivity contribution < 1.29 is 0 Å². The van der Waals surface area contributed by atoms with Gasteiger partial charge in [0.2, 0.25) is 0 Å². The minimum absolute atomic E-state index is 0.333. The molecule has 2 heteroatoms. The van der Waals surface area contributed by atoms with Gasteiger partial charge < -0.3 is 0 Å². The largest absolute Gasteiger partial charge is 0.0721 e. The lowest BCUT2D eigenvalue weighted by Gasteiger charge is -2.33. The molecular weight excluding hydrogens is 602 g/mol. The molecule has 0 unspecified atom stereocenters. The first-order valence-corrected chi connectivity index (χ1v) is 19.5. The molecule has 47 heavy (non-hydrogen) atoms. The maximum absolute atomic E-state index is 2.47. The highest BCUT2D eigenvalue weighted by molar-refractivity contribution is 7.80. The molecule has 237 valence electrons. The Morgan fingerprint density at radius 1 is 0.468 bits per heavy atom. The van der Waals surface area contributed by atoms with E-state index in [4.69, 9.17) is 0 Å². The summed E-state index contributed by atoms with van der Waals surface area (Å²) in [6.07, 6.45) is 7.05. The van der Waals surface area contributed by atoms with Crippen LogP contribution in [-0.2, 0) is 0 Å². The molecule has 0 aliphatic heterocycles. The zero-order chi connectivity index (χ0) is 33.4. The predicted octanol–water partition coefficient (Wildman–Crippen LogP) is 9.96. The average Bonchev–Trinajstić information content (AvgIpc) is 3.46. The fourth-order valence-corrected chi connectivity index (χ4v) is 13.4. The summed E-state index contributed by atoms with van der Waals surface area (Å²) in [6, 6.07) is 37.8. The molecule has 0 aromatic heterocycles. The van der Waals surface area contributed by atoms with Crippen LogP contribution in [0.5, 0.6) is 0 Å². The molecule has 1 aliphatic rings. The van der Waals surface area contributed by atoms with Crippen molar-refractivity contribution in [1.82, 2.24) is 0 Å². The standard InChI is InChI=1S/C45H47P2/c1-29-17-30(2)22-38(21-29)46(39-23-31(3)18-32(4)24-39)37(9)42-14-12-15-43(42)44-13-10-11-16-45(44)47(40-25-33(5)19-34(6)26-40)41-27-35(7)20-36(8)28-41/h10-28,37H,1-9H3/t37-/m1/s1. The molecule has 0 fully saturated rings. The van der Waals surface area contributed by atoms with E-state index in [0.29, 0.717) is 5.66 Å². The molecule has 0 amide bonds. The fourth-order valence-electron chi connectivity index (χ4n) is 7.44. The van der Waals surface area contributed by atoms with Gasteiger partial charge in [0.05, 0.1) is 0 Å². The van der Waals surface area contributed by atoms with Gasteiger partial charge in [-0.2, -0.15) is 0 Å². The second-order valence-electron chi connectivity index (χ2n) is 13.7. The zero-order valence-electron chi connectivity index (χ0n) is 29.4. The van der Waals surface area contributed by atoms with Crippen molar-refractivity contribution in [2.75, 3.05) is 0 Å². The van der Waals surface area contributed by atoms with Crippen LogP contribution < -0.4 is 26.5 Å². The number of benzene rings is 5. The van der Waals surface area contributed by atoms with Crippen molar-refractivity contribution >= 4 is 47.9 Å². The minimum Gasteiger partial charge on any atom is -0.0721 e. The summed E-state index contributed by atoms with van der Waals surface area (Å²) >= 11 is 0. The lowest BCUT2D eigenvalue weighted by molar-refractivity contribution is 1.08. The Kier molecular flexibility index (Phi) is 9.85. The van der Waals surface area contributed by atoms with E-state index in [2.05, 4.69) is 178 Å². The molecule has 0 saturated heterocycles. The van der Waals surface area contributed by atoms with Gasteiger partial charge in [-0.15, -0.1) is 0 Å². The van der Waals surface area contributed by atoms with Crippen LogP contribution in [0.1, 0.15) is 57.0 Å². The van der Waals surface area contributed by atoms with Gasteiger partial charge >= 0.3 is 0 Å². The molecule has 1 aliphatic carbocycles. The van der Waals surface area contributed by atoms with E-state index >= 15 is 0 Å². The van der Waals surface area contributed by atoms with E-state index in [0.717, 1.165) is 0 Å². The third kappa shape index (κ3) is 7.31.